The van der Waals surface area contributed by atoms with Gasteiger partial charge in [-0.15, -0.1) is 0 Å². The number of Topliss-reactive ketones (excluding diaryl/α,β-unsaturated/α-hetero) is 1. The summed E-state index contributed by atoms with van der Waals surface area (Å²) < 4.78 is 5.76. The van der Waals surface area contributed by atoms with Gasteiger partial charge in [0.1, 0.15) is 6.61 Å². The highest BCUT2D eigenvalue weighted by Crippen LogP contribution is 2.10. The number of ether oxygens (including phenoxy) is 1. The van der Waals surface area contributed by atoms with Crippen molar-refractivity contribution < 1.29 is 9.53 Å². The Morgan fingerprint density at radius 3 is 2.54 bits per heavy atom. The Labute approximate surface area is 86.0 Å². The van der Waals surface area contributed by atoms with Crippen molar-refractivity contribution in [1.29, 1.82) is 0 Å². The molecule has 0 heterocycles. The van der Waals surface area contributed by atoms with Crippen LogP contribution in [0, 0.1) is 0 Å². The Balaban J connectivity index is 2.54. The van der Waals surface area contributed by atoms with E-state index in [-0.39, 0.29) is 12.4 Å². The Kier molecular flexibility index (Phi) is 4.12. The van der Waals surface area contributed by atoms with Crippen molar-refractivity contribution in [3.8, 4) is 0 Å². The van der Waals surface area contributed by atoms with Crippen LogP contribution < -0.4 is 0 Å². The first-order valence-corrected chi connectivity index (χ1v) is 4.77. The summed E-state index contributed by atoms with van der Waals surface area (Å²) >= 11 is 3.33. The average Bonchev–Trinajstić information content (AvgIpc) is 2.09. The van der Waals surface area contributed by atoms with Gasteiger partial charge in [-0.1, -0.05) is 28.1 Å². The Morgan fingerprint density at radius 1 is 1.38 bits per heavy atom. The summed E-state index contributed by atoms with van der Waals surface area (Å²) in [5, 5.41) is 0. The molecule has 1 rings (SSSR count). The minimum Gasteiger partial charge on any atom is -0.377 e. The molecule has 0 radical (unpaired) electrons. The zero-order valence-electron chi connectivity index (χ0n) is 7.42. The molecule has 0 fully saturated rings. The maximum absolute atomic E-state index is 11.2. The van der Waals surface area contributed by atoms with E-state index in [9.17, 15) is 4.79 Å². The topological polar surface area (TPSA) is 26.3 Å². The predicted molar refractivity (Wildman–Crippen MR) is 54.7 cm³/mol. The molecule has 0 aliphatic carbocycles. The third kappa shape index (κ3) is 3.70. The van der Waals surface area contributed by atoms with Crippen molar-refractivity contribution in [3.05, 3.63) is 34.3 Å². The lowest BCUT2D eigenvalue weighted by Crippen LogP contribution is -2.09. The maximum Gasteiger partial charge on any atom is 0.162 e. The summed E-state index contributed by atoms with van der Waals surface area (Å²) in [5.74, 6) is 0.102. The molecule has 0 saturated carbocycles. The average molecular weight is 243 g/mol. The molecule has 0 amide bonds. The van der Waals surface area contributed by atoms with Crippen LogP contribution in [0.5, 0.6) is 0 Å². The number of ketones is 1. The van der Waals surface area contributed by atoms with Crippen molar-refractivity contribution in [2.24, 2.45) is 0 Å². The number of hydrogen-bond acceptors (Lipinski definition) is 2. The highest BCUT2D eigenvalue weighted by Gasteiger charge is 2.02. The first-order valence-electron chi connectivity index (χ1n) is 3.97. The highest BCUT2D eigenvalue weighted by molar-refractivity contribution is 9.10. The molecule has 0 aromatic heterocycles. The fourth-order valence-corrected chi connectivity index (χ4v) is 1.31. The summed E-state index contributed by atoms with van der Waals surface area (Å²) in [6.45, 7) is 0.191. The van der Waals surface area contributed by atoms with Gasteiger partial charge in [-0.2, -0.15) is 0 Å². The monoisotopic (exact) mass is 242 g/mol. The zero-order valence-corrected chi connectivity index (χ0v) is 9.00. The summed E-state index contributed by atoms with van der Waals surface area (Å²) in [6.07, 6.45) is 0.446. The second kappa shape index (κ2) is 5.14. The van der Waals surface area contributed by atoms with Crippen LogP contribution in [0.25, 0.3) is 0 Å². The number of methoxy groups -OCH3 is 1. The second-order valence-corrected chi connectivity index (χ2v) is 3.69. The lowest BCUT2D eigenvalue weighted by molar-refractivity contribution is -0.121. The molecule has 1 aromatic carbocycles. The van der Waals surface area contributed by atoms with Crippen molar-refractivity contribution >= 4 is 21.7 Å². The minimum absolute atomic E-state index is 0.102. The van der Waals surface area contributed by atoms with E-state index in [0.717, 1.165) is 10.0 Å². The van der Waals surface area contributed by atoms with Crippen LogP contribution >= 0.6 is 15.9 Å². The lowest BCUT2D eigenvalue weighted by Gasteiger charge is -1.99. The van der Waals surface area contributed by atoms with Crippen molar-refractivity contribution in [1.82, 2.24) is 0 Å². The molecule has 0 bridgehead atoms. The molecule has 3 heteroatoms. The number of carbonyl (C=O) groups is 1. The molecule has 13 heavy (non-hydrogen) atoms. The van der Waals surface area contributed by atoms with E-state index in [1.165, 1.54) is 7.11 Å². The van der Waals surface area contributed by atoms with Crippen LogP contribution in [-0.4, -0.2) is 19.5 Å². The molecular weight excluding hydrogens is 232 g/mol. The van der Waals surface area contributed by atoms with Gasteiger partial charge in [0, 0.05) is 18.0 Å². The standard InChI is InChI=1S/C10H11BrO2/c1-13-7-10(12)6-8-2-4-9(11)5-3-8/h2-5H,6-7H2,1H3. The molecule has 70 valence electrons. The SMILES string of the molecule is COCC(=O)Cc1ccc(Br)cc1. The van der Waals surface area contributed by atoms with Gasteiger partial charge in [-0.3, -0.25) is 4.79 Å². The van der Waals surface area contributed by atoms with Crippen molar-refractivity contribution in [2.45, 2.75) is 6.42 Å². The molecule has 2 nitrogen and oxygen atoms in total. The van der Waals surface area contributed by atoms with E-state index in [4.69, 9.17) is 4.74 Å². The van der Waals surface area contributed by atoms with Gasteiger partial charge in [0.15, 0.2) is 5.78 Å². The number of hydrogen-bond donors (Lipinski definition) is 0. The fraction of sp³-hybridized carbons (Fsp3) is 0.300. The molecule has 0 N–H and O–H groups in total. The summed E-state index contributed by atoms with van der Waals surface area (Å²) in [4.78, 5) is 11.2. The van der Waals surface area contributed by atoms with E-state index in [2.05, 4.69) is 15.9 Å². The Hall–Kier alpha value is -0.670. The van der Waals surface area contributed by atoms with E-state index in [1.54, 1.807) is 0 Å². The van der Waals surface area contributed by atoms with Gasteiger partial charge in [-0.25, -0.2) is 0 Å². The van der Waals surface area contributed by atoms with Crippen molar-refractivity contribution in [3.63, 3.8) is 0 Å². The quantitative estimate of drug-likeness (QED) is 0.810. The molecule has 0 atom stereocenters. The van der Waals surface area contributed by atoms with Gasteiger partial charge in [0.05, 0.1) is 0 Å². The molecule has 0 aliphatic heterocycles. The largest absolute Gasteiger partial charge is 0.377 e. The van der Waals surface area contributed by atoms with E-state index in [0.29, 0.717) is 6.42 Å². The first kappa shape index (κ1) is 10.4. The fourth-order valence-electron chi connectivity index (χ4n) is 1.04. The van der Waals surface area contributed by atoms with Crippen LogP contribution in [-0.2, 0) is 16.0 Å². The van der Waals surface area contributed by atoms with Gasteiger partial charge in [0.25, 0.3) is 0 Å². The number of rotatable bonds is 4. The second-order valence-electron chi connectivity index (χ2n) is 2.77. The third-order valence-corrected chi connectivity index (χ3v) is 2.15. The van der Waals surface area contributed by atoms with Gasteiger partial charge < -0.3 is 4.74 Å². The molecule has 0 spiro atoms. The number of halogens is 1. The van der Waals surface area contributed by atoms with Gasteiger partial charge >= 0.3 is 0 Å². The third-order valence-electron chi connectivity index (χ3n) is 1.62. The predicted octanol–water partition coefficient (Wildman–Crippen LogP) is 2.21. The molecule has 0 saturated heterocycles. The summed E-state index contributed by atoms with van der Waals surface area (Å²) in [5.41, 5.74) is 1.02. The van der Waals surface area contributed by atoms with Gasteiger partial charge in [0.2, 0.25) is 0 Å². The number of carbonyl (C=O) groups excluding carboxylic acids is 1. The molecule has 1 aromatic rings. The lowest BCUT2D eigenvalue weighted by atomic mass is 10.1. The minimum atomic E-state index is 0.102. The van der Waals surface area contributed by atoms with Gasteiger partial charge in [-0.05, 0) is 17.7 Å². The smallest absolute Gasteiger partial charge is 0.162 e. The van der Waals surface area contributed by atoms with Crippen LogP contribution in [0.3, 0.4) is 0 Å². The van der Waals surface area contributed by atoms with Crippen molar-refractivity contribution in [2.75, 3.05) is 13.7 Å². The van der Waals surface area contributed by atoms with Crippen LogP contribution in [0.2, 0.25) is 0 Å². The number of benzene rings is 1. The highest BCUT2D eigenvalue weighted by atomic mass is 79.9. The van der Waals surface area contributed by atoms with Crippen LogP contribution in [0.1, 0.15) is 5.56 Å². The van der Waals surface area contributed by atoms with Crippen LogP contribution in [0.15, 0.2) is 28.7 Å². The van der Waals surface area contributed by atoms with E-state index >= 15 is 0 Å². The zero-order chi connectivity index (χ0) is 9.68. The van der Waals surface area contributed by atoms with Crippen LogP contribution in [0.4, 0.5) is 0 Å². The summed E-state index contributed by atoms with van der Waals surface area (Å²) in [7, 11) is 1.53. The maximum atomic E-state index is 11.2. The first-order chi connectivity index (χ1) is 6.22. The van der Waals surface area contributed by atoms with E-state index < -0.39 is 0 Å². The Morgan fingerprint density at radius 2 is 2.00 bits per heavy atom. The molecule has 0 aliphatic rings. The van der Waals surface area contributed by atoms with E-state index in [1.807, 2.05) is 24.3 Å². The summed E-state index contributed by atoms with van der Waals surface area (Å²) in [6, 6.07) is 7.71. The molecule has 0 unspecified atom stereocenters. The Bertz CT molecular complexity index is 279. The molecular formula is C10H11BrO2. The normalized spacial score (nSPS) is 10.0.